The summed E-state index contributed by atoms with van der Waals surface area (Å²) in [6.07, 6.45) is 2.30. The molecule has 1 N–H and O–H groups in total. The van der Waals surface area contributed by atoms with E-state index in [1.165, 1.54) is 4.90 Å². The van der Waals surface area contributed by atoms with Crippen LogP contribution in [0.15, 0.2) is 18.2 Å². The Morgan fingerprint density at radius 2 is 1.92 bits per heavy atom. The molecule has 1 aliphatic rings. The van der Waals surface area contributed by atoms with Crippen LogP contribution in [0.25, 0.3) is 0 Å². The van der Waals surface area contributed by atoms with Crippen molar-refractivity contribution in [2.24, 2.45) is 5.92 Å². The molecule has 1 fully saturated rings. The van der Waals surface area contributed by atoms with Gasteiger partial charge in [-0.3, -0.25) is 9.69 Å². The number of hydrogen-bond acceptors (Lipinski definition) is 4. The fourth-order valence-corrected chi connectivity index (χ4v) is 3.02. The lowest BCUT2D eigenvalue weighted by Gasteiger charge is -2.19. The molecule has 0 bridgehead atoms. The molecule has 6 nitrogen and oxygen atoms in total. The summed E-state index contributed by atoms with van der Waals surface area (Å²) < 4.78 is 10.5. The predicted octanol–water partition coefficient (Wildman–Crippen LogP) is 2.60. The van der Waals surface area contributed by atoms with E-state index >= 15 is 0 Å². The molecule has 6 heteroatoms. The summed E-state index contributed by atoms with van der Waals surface area (Å²) >= 11 is 0. The van der Waals surface area contributed by atoms with E-state index < -0.39 is 0 Å². The number of benzene rings is 1. The quantitative estimate of drug-likeness (QED) is 0.742. The summed E-state index contributed by atoms with van der Waals surface area (Å²) in [7, 11) is 3.20. The van der Waals surface area contributed by atoms with Gasteiger partial charge in [0.1, 0.15) is 6.04 Å². The predicted molar refractivity (Wildman–Crippen MR) is 91.4 cm³/mol. The Morgan fingerprint density at radius 1 is 1.21 bits per heavy atom. The van der Waals surface area contributed by atoms with Gasteiger partial charge in [-0.05, 0) is 36.5 Å². The Balaban J connectivity index is 1.99. The van der Waals surface area contributed by atoms with E-state index in [0.717, 1.165) is 18.4 Å². The monoisotopic (exact) mass is 334 g/mol. The molecular weight excluding hydrogens is 308 g/mol. The third-order valence-corrected chi connectivity index (χ3v) is 4.21. The van der Waals surface area contributed by atoms with E-state index in [4.69, 9.17) is 9.47 Å². The van der Waals surface area contributed by atoms with Crippen LogP contribution in [0.4, 0.5) is 4.79 Å². The molecule has 0 aromatic heterocycles. The minimum absolute atomic E-state index is 0.110. The van der Waals surface area contributed by atoms with Crippen LogP contribution in [-0.4, -0.2) is 43.6 Å². The average Bonchev–Trinajstić information content (AvgIpc) is 2.82. The van der Waals surface area contributed by atoms with Crippen molar-refractivity contribution < 1.29 is 19.1 Å². The highest BCUT2D eigenvalue weighted by Crippen LogP contribution is 2.28. The lowest BCUT2D eigenvalue weighted by molar-refractivity contribution is -0.128. The first-order valence-corrected chi connectivity index (χ1v) is 8.32. The maximum absolute atomic E-state index is 12.3. The molecule has 0 spiro atoms. The maximum atomic E-state index is 12.3. The third-order valence-electron chi connectivity index (χ3n) is 4.21. The van der Waals surface area contributed by atoms with Crippen molar-refractivity contribution >= 4 is 11.9 Å². The minimum atomic E-state index is -0.365. The van der Waals surface area contributed by atoms with E-state index in [1.807, 2.05) is 32.0 Å². The van der Waals surface area contributed by atoms with Gasteiger partial charge in [0.05, 0.1) is 14.2 Å². The van der Waals surface area contributed by atoms with E-state index in [0.29, 0.717) is 24.5 Å². The smallest absolute Gasteiger partial charge is 0.324 e. The molecule has 0 radical (unpaired) electrons. The van der Waals surface area contributed by atoms with E-state index in [1.54, 1.807) is 14.2 Å². The molecule has 1 saturated heterocycles. The average molecular weight is 334 g/mol. The Morgan fingerprint density at radius 3 is 2.54 bits per heavy atom. The molecule has 0 unspecified atom stereocenters. The van der Waals surface area contributed by atoms with Crippen molar-refractivity contribution in [1.29, 1.82) is 0 Å². The minimum Gasteiger partial charge on any atom is -0.493 e. The van der Waals surface area contributed by atoms with Gasteiger partial charge in [-0.15, -0.1) is 0 Å². The molecule has 1 heterocycles. The number of carbonyl (C=O) groups excluding carboxylic acids is 2. The standard InChI is InChI=1S/C18H26N2O4/c1-5-6-14-17(21)20(18(22)19-14)11-12(2)9-13-7-8-15(23-3)16(10-13)24-4/h7-8,10,12,14H,5-6,9,11H2,1-4H3,(H,19,22)/t12-,14+/m1/s1. The van der Waals surface area contributed by atoms with Gasteiger partial charge >= 0.3 is 6.03 Å². The van der Waals surface area contributed by atoms with E-state index in [2.05, 4.69) is 5.32 Å². The second-order valence-corrected chi connectivity index (χ2v) is 6.24. The van der Waals surface area contributed by atoms with Crippen LogP contribution in [0.3, 0.4) is 0 Å². The van der Waals surface area contributed by atoms with Crippen molar-refractivity contribution in [1.82, 2.24) is 10.2 Å². The van der Waals surface area contributed by atoms with Gasteiger partial charge in [-0.1, -0.05) is 26.3 Å². The van der Waals surface area contributed by atoms with Crippen LogP contribution < -0.4 is 14.8 Å². The highest BCUT2D eigenvalue weighted by atomic mass is 16.5. The van der Waals surface area contributed by atoms with Crippen LogP contribution in [-0.2, 0) is 11.2 Å². The molecular formula is C18H26N2O4. The molecule has 1 aromatic rings. The van der Waals surface area contributed by atoms with Crippen molar-refractivity contribution in [2.75, 3.05) is 20.8 Å². The van der Waals surface area contributed by atoms with Crippen LogP contribution in [0.1, 0.15) is 32.3 Å². The zero-order chi connectivity index (χ0) is 17.7. The molecule has 2 rings (SSSR count). The fraction of sp³-hybridized carbons (Fsp3) is 0.556. The van der Waals surface area contributed by atoms with Crippen LogP contribution in [0.5, 0.6) is 11.5 Å². The number of methoxy groups -OCH3 is 2. The molecule has 132 valence electrons. The molecule has 2 atom stereocenters. The van der Waals surface area contributed by atoms with Crippen molar-refractivity contribution in [3.8, 4) is 11.5 Å². The lowest BCUT2D eigenvalue weighted by Crippen LogP contribution is -2.35. The first-order chi connectivity index (χ1) is 11.5. The molecule has 0 aliphatic carbocycles. The van der Waals surface area contributed by atoms with Gasteiger partial charge in [0.15, 0.2) is 11.5 Å². The number of amides is 3. The van der Waals surface area contributed by atoms with Gasteiger partial charge in [0, 0.05) is 6.54 Å². The van der Waals surface area contributed by atoms with Crippen LogP contribution in [0.2, 0.25) is 0 Å². The number of urea groups is 1. The number of nitrogens with zero attached hydrogens (tertiary/aromatic N) is 1. The molecule has 1 aromatic carbocycles. The molecule has 1 aliphatic heterocycles. The Labute approximate surface area is 143 Å². The number of hydrogen-bond donors (Lipinski definition) is 1. The first kappa shape index (κ1) is 18.1. The Hall–Kier alpha value is -2.24. The Kier molecular flexibility index (Phi) is 6.06. The largest absolute Gasteiger partial charge is 0.493 e. The van der Waals surface area contributed by atoms with Crippen molar-refractivity contribution in [3.63, 3.8) is 0 Å². The van der Waals surface area contributed by atoms with E-state index in [9.17, 15) is 9.59 Å². The summed E-state index contributed by atoms with van der Waals surface area (Å²) in [6.45, 7) is 4.45. The lowest BCUT2D eigenvalue weighted by atomic mass is 10.00. The molecule has 0 saturated carbocycles. The van der Waals surface area contributed by atoms with Gasteiger partial charge in [0.2, 0.25) is 0 Å². The highest BCUT2D eigenvalue weighted by molar-refractivity contribution is 6.04. The number of rotatable bonds is 8. The van der Waals surface area contributed by atoms with Gasteiger partial charge in [-0.25, -0.2) is 4.79 Å². The zero-order valence-corrected chi connectivity index (χ0v) is 14.8. The molecule has 3 amide bonds. The van der Waals surface area contributed by atoms with Gasteiger partial charge in [-0.2, -0.15) is 0 Å². The summed E-state index contributed by atoms with van der Waals surface area (Å²) in [5.74, 6) is 1.41. The van der Waals surface area contributed by atoms with Gasteiger partial charge in [0.25, 0.3) is 5.91 Å². The fourth-order valence-electron chi connectivity index (χ4n) is 3.02. The van der Waals surface area contributed by atoms with Crippen LogP contribution >= 0.6 is 0 Å². The number of imide groups is 1. The van der Waals surface area contributed by atoms with E-state index in [-0.39, 0.29) is 23.9 Å². The van der Waals surface area contributed by atoms with Gasteiger partial charge < -0.3 is 14.8 Å². The second-order valence-electron chi connectivity index (χ2n) is 6.24. The highest BCUT2D eigenvalue weighted by Gasteiger charge is 2.37. The second kappa shape index (κ2) is 8.04. The number of carbonyl (C=O) groups is 2. The third kappa shape index (κ3) is 3.99. The normalized spacial score (nSPS) is 18.5. The summed E-state index contributed by atoms with van der Waals surface area (Å²) in [4.78, 5) is 25.6. The summed E-state index contributed by atoms with van der Waals surface area (Å²) in [6, 6.07) is 5.13. The SMILES string of the molecule is CCC[C@@H]1NC(=O)N(C[C@H](C)Cc2ccc(OC)c(OC)c2)C1=O. The first-order valence-electron chi connectivity index (χ1n) is 8.32. The maximum Gasteiger partial charge on any atom is 0.324 e. The van der Waals surface area contributed by atoms with Crippen LogP contribution in [0, 0.1) is 5.92 Å². The van der Waals surface area contributed by atoms with Crippen molar-refractivity contribution in [3.05, 3.63) is 23.8 Å². The summed E-state index contributed by atoms with van der Waals surface area (Å²) in [5, 5.41) is 2.76. The number of ether oxygens (including phenoxy) is 2. The number of nitrogens with one attached hydrogen (secondary N) is 1. The summed E-state index contributed by atoms with van der Waals surface area (Å²) in [5.41, 5.74) is 1.08. The zero-order valence-electron chi connectivity index (χ0n) is 14.8. The van der Waals surface area contributed by atoms with Crippen molar-refractivity contribution in [2.45, 2.75) is 39.2 Å². The molecule has 24 heavy (non-hydrogen) atoms. The Bertz CT molecular complexity index is 603. The topological polar surface area (TPSA) is 67.9 Å².